The van der Waals surface area contributed by atoms with E-state index in [-0.39, 0.29) is 17.2 Å². The van der Waals surface area contributed by atoms with Crippen LogP contribution in [0.5, 0.6) is 5.75 Å². The highest BCUT2D eigenvalue weighted by Crippen LogP contribution is 2.36. The molecule has 1 fully saturated rings. The van der Waals surface area contributed by atoms with Crippen molar-refractivity contribution in [3.63, 3.8) is 0 Å². The third-order valence-corrected chi connectivity index (χ3v) is 6.34. The first-order chi connectivity index (χ1) is 13.3. The molecule has 1 heterocycles. The van der Waals surface area contributed by atoms with E-state index in [4.69, 9.17) is 5.11 Å². The van der Waals surface area contributed by atoms with Crippen LogP contribution in [0.3, 0.4) is 0 Å². The van der Waals surface area contributed by atoms with Crippen LogP contribution in [-0.4, -0.2) is 38.7 Å². The summed E-state index contributed by atoms with van der Waals surface area (Å²) in [6, 6.07) is 9.82. The number of rotatable bonds is 4. The molecular weight excluding hydrogens is 606 g/mol. The number of nitrogens with zero attached hydrogens (tertiary/aromatic N) is 2. The molecule has 0 atom stereocenters. The quantitative estimate of drug-likeness (QED) is 0.375. The molecule has 1 saturated heterocycles. The minimum atomic E-state index is -1.00. The van der Waals surface area contributed by atoms with Gasteiger partial charge in [-0.25, -0.2) is 9.79 Å². The Kier molecular flexibility index (Phi) is 6.65. The maximum absolute atomic E-state index is 12.8. The number of carbonyl (C=O) groups excluding carboxylic acids is 1. The largest absolute Gasteiger partial charge is 0.506 e. The fraction of sp³-hybridized carbons (Fsp3) is 0.105. The van der Waals surface area contributed by atoms with E-state index in [0.717, 1.165) is 3.57 Å². The van der Waals surface area contributed by atoms with Crippen LogP contribution in [0.15, 0.2) is 46.3 Å². The Labute approximate surface area is 193 Å². The zero-order chi connectivity index (χ0) is 20.4. The number of phenolic OH excluding ortho intramolecular Hbond substituents is 1. The first-order valence-corrected chi connectivity index (χ1v) is 11.1. The molecule has 2 N–H and O–H groups in total. The number of thioether (sulfide) groups is 1. The topological polar surface area (TPSA) is 90.2 Å². The van der Waals surface area contributed by atoms with E-state index in [1.807, 2.05) is 19.1 Å². The second-order valence-electron chi connectivity index (χ2n) is 5.73. The molecule has 9 heteroatoms. The lowest BCUT2D eigenvalue weighted by Crippen LogP contribution is -2.28. The predicted octanol–water partition coefficient (Wildman–Crippen LogP) is 4.92. The van der Waals surface area contributed by atoms with Crippen LogP contribution in [0.25, 0.3) is 6.08 Å². The number of carboxylic acids is 1. The van der Waals surface area contributed by atoms with Gasteiger partial charge < -0.3 is 10.2 Å². The summed E-state index contributed by atoms with van der Waals surface area (Å²) in [5, 5.41) is 19.8. The van der Waals surface area contributed by atoms with Crippen molar-refractivity contribution in [2.45, 2.75) is 6.92 Å². The van der Waals surface area contributed by atoms with Gasteiger partial charge in [0.15, 0.2) is 5.17 Å². The van der Waals surface area contributed by atoms with E-state index in [2.05, 4.69) is 50.2 Å². The van der Waals surface area contributed by atoms with Gasteiger partial charge in [-0.15, -0.1) is 0 Å². The van der Waals surface area contributed by atoms with E-state index in [0.29, 0.717) is 31.4 Å². The SMILES string of the molecule is CCN1C(=O)C(=Cc2cc(I)cc(I)c2O)SC1=Nc1ccc(C(=O)O)cc1. The summed E-state index contributed by atoms with van der Waals surface area (Å²) in [5.41, 5.74) is 1.32. The number of hydrogen-bond donors (Lipinski definition) is 2. The number of halogens is 2. The van der Waals surface area contributed by atoms with Gasteiger partial charge in [-0.1, -0.05) is 0 Å². The number of amidine groups is 1. The summed E-state index contributed by atoms with van der Waals surface area (Å²) < 4.78 is 1.67. The maximum Gasteiger partial charge on any atom is 0.335 e. The van der Waals surface area contributed by atoms with Crippen molar-refractivity contribution >= 4 is 85.8 Å². The Morgan fingerprint density at radius 3 is 2.54 bits per heavy atom. The minimum absolute atomic E-state index is 0.139. The summed E-state index contributed by atoms with van der Waals surface area (Å²) in [4.78, 5) is 30.2. The van der Waals surface area contributed by atoms with Gasteiger partial charge in [-0.2, -0.15) is 0 Å². The van der Waals surface area contributed by atoms with Gasteiger partial charge in [0.2, 0.25) is 0 Å². The molecule has 3 rings (SSSR count). The second-order valence-corrected chi connectivity index (χ2v) is 9.15. The molecule has 0 bridgehead atoms. The number of likely N-dealkylation sites (N-methyl/N-ethyl adjacent to an activating group) is 1. The Morgan fingerprint density at radius 2 is 1.93 bits per heavy atom. The van der Waals surface area contributed by atoms with Crippen LogP contribution in [0.4, 0.5) is 5.69 Å². The lowest BCUT2D eigenvalue weighted by molar-refractivity contribution is -0.122. The molecule has 2 aromatic rings. The number of carbonyl (C=O) groups is 2. The lowest BCUT2D eigenvalue weighted by Gasteiger charge is -2.12. The fourth-order valence-electron chi connectivity index (χ4n) is 2.50. The van der Waals surface area contributed by atoms with Crippen molar-refractivity contribution in [2.24, 2.45) is 4.99 Å². The number of amides is 1. The van der Waals surface area contributed by atoms with Crippen molar-refractivity contribution in [1.29, 1.82) is 0 Å². The van der Waals surface area contributed by atoms with Crippen LogP contribution in [0, 0.1) is 7.14 Å². The molecular formula is C19H14I2N2O4S. The van der Waals surface area contributed by atoms with Crippen molar-refractivity contribution in [3.05, 3.63) is 59.6 Å². The molecule has 2 aromatic carbocycles. The summed E-state index contributed by atoms with van der Waals surface area (Å²) >= 11 is 5.45. The van der Waals surface area contributed by atoms with Crippen molar-refractivity contribution in [1.82, 2.24) is 4.90 Å². The van der Waals surface area contributed by atoms with Crippen LogP contribution >= 0.6 is 56.9 Å². The number of benzene rings is 2. The second kappa shape index (κ2) is 8.82. The molecule has 0 radical (unpaired) electrons. The average molecular weight is 620 g/mol. The van der Waals surface area contributed by atoms with E-state index < -0.39 is 5.97 Å². The molecule has 0 aliphatic carbocycles. The van der Waals surface area contributed by atoms with Crippen molar-refractivity contribution in [3.8, 4) is 5.75 Å². The predicted molar refractivity (Wildman–Crippen MR) is 127 cm³/mol. The molecule has 0 spiro atoms. The molecule has 1 amide bonds. The third kappa shape index (κ3) is 4.51. The minimum Gasteiger partial charge on any atom is -0.506 e. The molecule has 0 unspecified atom stereocenters. The maximum atomic E-state index is 12.8. The highest BCUT2D eigenvalue weighted by molar-refractivity contribution is 14.1. The highest BCUT2D eigenvalue weighted by atomic mass is 127. The number of aromatic carboxylic acids is 1. The molecule has 28 heavy (non-hydrogen) atoms. The van der Waals surface area contributed by atoms with Crippen LogP contribution in [0.1, 0.15) is 22.8 Å². The molecule has 6 nitrogen and oxygen atoms in total. The summed E-state index contributed by atoms with van der Waals surface area (Å²) in [6.07, 6.45) is 1.67. The lowest BCUT2D eigenvalue weighted by atomic mass is 10.2. The van der Waals surface area contributed by atoms with Crippen LogP contribution in [0.2, 0.25) is 0 Å². The Hall–Kier alpha value is -1.60. The highest BCUT2D eigenvalue weighted by Gasteiger charge is 2.32. The van der Waals surface area contributed by atoms with Gasteiger partial charge in [-0.3, -0.25) is 9.69 Å². The first kappa shape index (κ1) is 21.1. The number of aliphatic imine (C=N–C) groups is 1. The molecule has 0 saturated carbocycles. The average Bonchev–Trinajstić information content (AvgIpc) is 2.94. The molecule has 144 valence electrons. The smallest absolute Gasteiger partial charge is 0.335 e. The monoisotopic (exact) mass is 620 g/mol. The van der Waals surface area contributed by atoms with Crippen molar-refractivity contribution in [2.75, 3.05) is 6.54 Å². The van der Waals surface area contributed by atoms with Crippen LogP contribution < -0.4 is 0 Å². The Morgan fingerprint density at radius 1 is 1.25 bits per heavy atom. The number of aromatic hydroxyl groups is 1. The van der Waals surface area contributed by atoms with E-state index in [1.165, 1.54) is 23.9 Å². The van der Waals surface area contributed by atoms with E-state index in [1.54, 1.807) is 23.1 Å². The van der Waals surface area contributed by atoms with E-state index in [9.17, 15) is 14.7 Å². The summed E-state index contributed by atoms with van der Waals surface area (Å²) in [6.45, 7) is 2.31. The van der Waals surface area contributed by atoms with E-state index >= 15 is 0 Å². The van der Waals surface area contributed by atoms with Gasteiger partial charge in [0.25, 0.3) is 5.91 Å². The molecule has 1 aliphatic heterocycles. The Balaban J connectivity index is 1.95. The fourth-order valence-corrected chi connectivity index (χ4v) is 5.44. The van der Waals surface area contributed by atoms with Gasteiger partial charge >= 0.3 is 5.97 Å². The number of carboxylic acid groups (broad SMARTS) is 1. The van der Waals surface area contributed by atoms with Gasteiger partial charge in [0.1, 0.15) is 5.75 Å². The zero-order valence-corrected chi connectivity index (χ0v) is 19.6. The van der Waals surface area contributed by atoms with Gasteiger partial charge in [0, 0.05) is 15.7 Å². The standard InChI is InChI=1S/C19H14I2N2O4S/c1-2-23-17(25)15(8-11-7-12(20)9-14(21)16(11)24)28-19(23)22-13-5-3-10(4-6-13)18(26)27/h3-9,24H,2H2,1H3,(H,26,27). The summed E-state index contributed by atoms with van der Waals surface area (Å²) in [5.74, 6) is -1.04. The number of hydrogen-bond acceptors (Lipinski definition) is 5. The third-order valence-electron chi connectivity index (χ3n) is 3.89. The Bertz CT molecular complexity index is 1020. The van der Waals surface area contributed by atoms with Gasteiger partial charge in [-0.05, 0) is 106 Å². The number of phenols is 1. The van der Waals surface area contributed by atoms with Crippen LogP contribution in [-0.2, 0) is 4.79 Å². The normalized spacial score (nSPS) is 17.0. The first-order valence-electron chi connectivity index (χ1n) is 8.11. The van der Waals surface area contributed by atoms with Gasteiger partial charge in [0.05, 0.1) is 19.7 Å². The zero-order valence-electron chi connectivity index (χ0n) is 14.5. The van der Waals surface area contributed by atoms with Crippen molar-refractivity contribution < 1.29 is 19.8 Å². The summed E-state index contributed by atoms with van der Waals surface area (Å²) in [7, 11) is 0. The molecule has 1 aliphatic rings. The molecule has 0 aromatic heterocycles.